The summed E-state index contributed by atoms with van der Waals surface area (Å²) in [5, 5.41) is 0. The topological polar surface area (TPSA) is 29.3 Å². The standard InChI is InChI=1S/C12H20N2/c1-9-5-6-11(10(2)8-13)12(7-9)14(3)4/h5-7,10H,8,13H2,1-4H3. The van der Waals surface area contributed by atoms with Crippen molar-refractivity contribution in [2.75, 3.05) is 25.5 Å². The van der Waals surface area contributed by atoms with Crippen LogP contribution in [0.15, 0.2) is 18.2 Å². The van der Waals surface area contributed by atoms with Gasteiger partial charge in [0.1, 0.15) is 0 Å². The molecule has 2 heteroatoms. The Hall–Kier alpha value is -1.02. The van der Waals surface area contributed by atoms with Gasteiger partial charge in [0.05, 0.1) is 0 Å². The molecule has 0 saturated carbocycles. The Kier molecular flexibility index (Phi) is 3.53. The Morgan fingerprint density at radius 1 is 1.36 bits per heavy atom. The molecule has 14 heavy (non-hydrogen) atoms. The molecule has 0 aliphatic carbocycles. The van der Waals surface area contributed by atoms with Crippen molar-refractivity contribution in [3.63, 3.8) is 0 Å². The molecular weight excluding hydrogens is 172 g/mol. The van der Waals surface area contributed by atoms with Crippen LogP contribution in [0.1, 0.15) is 24.0 Å². The lowest BCUT2D eigenvalue weighted by atomic mass is 9.97. The summed E-state index contributed by atoms with van der Waals surface area (Å²) in [6.45, 7) is 4.98. The maximum Gasteiger partial charge on any atom is 0.0399 e. The van der Waals surface area contributed by atoms with E-state index in [0.717, 1.165) is 0 Å². The van der Waals surface area contributed by atoms with Crippen molar-refractivity contribution in [3.8, 4) is 0 Å². The van der Waals surface area contributed by atoms with Crippen molar-refractivity contribution in [1.82, 2.24) is 0 Å². The van der Waals surface area contributed by atoms with Gasteiger partial charge in [-0.05, 0) is 36.6 Å². The number of benzene rings is 1. The maximum atomic E-state index is 5.69. The highest BCUT2D eigenvalue weighted by atomic mass is 15.1. The van der Waals surface area contributed by atoms with Crippen LogP contribution in [0.2, 0.25) is 0 Å². The van der Waals surface area contributed by atoms with E-state index >= 15 is 0 Å². The number of anilines is 1. The van der Waals surface area contributed by atoms with Crippen molar-refractivity contribution >= 4 is 5.69 Å². The van der Waals surface area contributed by atoms with Crippen LogP contribution in [-0.2, 0) is 0 Å². The molecule has 1 rings (SSSR count). The second kappa shape index (κ2) is 4.47. The van der Waals surface area contributed by atoms with Crippen LogP contribution < -0.4 is 10.6 Å². The molecule has 0 heterocycles. The molecule has 0 amide bonds. The molecule has 1 aromatic carbocycles. The van der Waals surface area contributed by atoms with Gasteiger partial charge in [0, 0.05) is 19.8 Å². The van der Waals surface area contributed by atoms with Crippen LogP contribution in [0.5, 0.6) is 0 Å². The predicted octanol–water partition coefficient (Wildman–Crippen LogP) is 2.12. The first-order valence-corrected chi connectivity index (χ1v) is 5.04. The predicted molar refractivity (Wildman–Crippen MR) is 63.0 cm³/mol. The Bertz CT molecular complexity index is 305. The lowest BCUT2D eigenvalue weighted by molar-refractivity contribution is 0.770. The van der Waals surface area contributed by atoms with Gasteiger partial charge in [-0.3, -0.25) is 0 Å². The molecule has 2 nitrogen and oxygen atoms in total. The van der Waals surface area contributed by atoms with Crippen LogP contribution in [0.3, 0.4) is 0 Å². The van der Waals surface area contributed by atoms with E-state index in [-0.39, 0.29) is 0 Å². The molecule has 1 aromatic rings. The van der Waals surface area contributed by atoms with Gasteiger partial charge in [-0.2, -0.15) is 0 Å². The van der Waals surface area contributed by atoms with Crippen LogP contribution in [-0.4, -0.2) is 20.6 Å². The molecular formula is C12H20N2. The molecule has 2 N–H and O–H groups in total. The maximum absolute atomic E-state index is 5.69. The fourth-order valence-electron chi connectivity index (χ4n) is 1.58. The molecule has 0 aliphatic heterocycles. The minimum absolute atomic E-state index is 0.424. The van der Waals surface area contributed by atoms with Crippen LogP contribution in [0.25, 0.3) is 0 Å². The fourth-order valence-corrected chi connectivity index (χ4v) is 1.58. The molecule has 1 unspecified atom stereocenters. The Labute approximate surface area is 86.7 Å². The molecule has 0 saturated heterocycles. The fraction of sp³-hybridized carbons (Fsp3) is 0.500. The molecule has 0 fully saturated rings. The zero-order chi connectivity index (χ0) is 10.7. The number of aryl methyl sites for hydroxylation is 1. The number of nitrogens with two attached hydrogens (primary N) is 1. The average Bonchev–Trinajstić information content (AvgIpc) is 2.16. The average molecular weight is 192 g/mol. The summed E-state index contributed by atoms with van der Waals surface area (Å²) in [5.74, 6) is 0.424. The quantitative estimate of drug-likeness (QED) is 0.795. The van der Waals surface area contributed by atoms with Gasteiger partial charge in [0.2, 0.25) is 0 Å². The lowest BCUT2D eigenvalue weighted by Crippen LogP contribution is -2.16. The summed E-state index contributed by atoms with van der Waals surface area (Å²) >= 11 is 0. The zero-order valence-corrected chi connectivity index (χ0v) is 9.54. The SMILES string of the molecule is Cc1ccc(C(C)CN)c(N(C)C)c1. The van der Waals surface area contributed by atoms with E-state index in [1.54, 1.807) is 0 Å². The second-order valence-electron chi connectivity index (χ2n) is 4.09. The molecule has 1 atom stereocenters. The molecule has 0 aliphatic rings. The highest BCUT2D eigenvalue weighted by molar-refractivity contribution is 5.55. The van der Waals surface area contributed by atoms with Crippen molar-refractivity contribution in [2.45, 2.75) is 19.8 Å². The molecule has 78 valence electrons. The second-order valence-corrected chi connectivity index (χ2v) is 4.09. The molecule has 0 radical (unpaired) electrons. The minimum Gasteiger partial charge on any atom is -0.377 e. The van der Waals surface area contributed by atoms with Crippen molar-refractivity contribution in [1.29, 1.82) is 0 Å². The van der Waals surface area contributed by atoms with Crippen LogP contribution >= 0.6 is 0 Å². The lowest BCUT2D eigenvalue weighted by Gasteiger charge is -2.21. The summed E-state index contributed by atoms with van der Waals surface area (Å²) in [6.07, 6.45) is 0. The summed E-state index contributed by atoms with van der Waals surface area (Å²) in [4.78, 5) is 2.15. The van der Waals surface area contributed by atoms with Crippen LogP contribution in [0, 0.1) is 6.92 Å². The third-order valence-corrected chi connectivity index (χ3v) is 2.55. The number of nitrogens with zero attached hydrogens (tertiary/aromatic N) is 1. The van der Waals surface area contributed by atoms with Crippen molar-refractivity contribution in [3.05, 3.63) is 29.3 Å². The zero-order valence-electron chi connectivity index (χ0n) is 9.54. The van der Waals surface area contributed by atoms with Gasteiger partial charge in [-0.25, -0.2) is 0 Å². The monoisotopic (exact) mass is 192 g/mol. The third-order valence-electron chi connectivity index (χ3n) is 2.55. The summed E-state index contributed by atoms with van der Waals surface area (Å²) in [6, 6.07) is 6.54. The molecule has 0 spiro atoms. The van der Waals surface area contributed by atoms with Gasteiger partial charge >= 0.3 is 0 Å². The van der Waals surface area contributed by atoms with Crippen molar-refractivity contribution < 1.29 is 0 Å². The summed E-state index contributed by atoms with van der Waals surface area (Å²) in [5.41, 5.74) is 9.60. The van der Waals surface area contributed by atoms with E-state index in [1.807, 2.05) is 0 Å². The normalized spacial score (nSPS) is 12.6. The summed E-state index contributed by atoms with van der Waals surface area (Å²) in [7, 11) is 4.14. The van der Waals surface area contributed by atoms with Gasteiger partial charge < -0.3 is 10.6 Å². The van der Waals surface area contributed by atoms with Crippen molar-refractivity contribution in [2.24, 2.45) is 5.73 Å². The largest absolute Gasteiger partial charge is 0.377 e. The Morgan fingerprint density at radius 3 is 2.50 bits per heavy atom. The first-order chi connectivity index (χ1) is 6.56. The number of hydrogen-bond donors (Lipinski definition) is 1. The van der Waals surface area contributed by atoms with Gasteiger partial charge in [0.15, 0.2) is 0 Å². The van der Waals surface area contributed by atoms with Crippen LogP contribution in [0.4, 0.5) is 5.69 Å². The third kappa shape index (κ3) is 2.26. The molecule has 0 aromatic heterocycles. The highest BCUT2D eigenvalue weighted by Gasteiger charge is 2.10. The minimum atomic E-state index is 0.424. The van der Waals surface area contributed by atoms with E-state index in [0.29, 0.717) is 12.5 Å². The number of rotatable bonds is 3. The van der Waals surface area contributed by atoms with E-state index in [9.17, 15) is 0 Å². The smallest absolute Gasteiger partial charge is 0.0399 e. The van der Waals surface area contributed by atoms with Gasteiger partial charge in [0.25, 0.3) is 0 Å². The summed E-state index contributed by atoms with van der Waals surface area (Å²) < 4.78 is 0. The van der Waals surface area contributed by atoms with Gasteiger partial charge in [-0.15, -0.1) is 0 Å². The Balaban J connectivity index is 3.14. The molecule has 0 bridgehead atoms. The number of hydrogen-bond acceptors (Lipinski definition) is 2. The van der Waals surface area contributed by atoms with E-state index in [2.05, 4.69) is 51.0 Å². The Morgan fingerprint density at radius 2 is 2.00 bits per heavy atom. The first-order valence-electron chi connectivity index (χ1n) is 5.04. The van der Waals surface area contributed by atoms with Gasteiger partial charge in [-0.1, -0.05) is 19.1 Å². The highest BCUT2D eigenvalue weighted by Crippen LogP contribution is 2.26. The van der Waals surface area contributed by atoms with E-state index < -0.39 is 0 Å². The van der Waals surface area contributed by atoms with E-state index in [4.69, 9.17) is 5.73 Å². The van der Waals surface area contributed by atoms with E-state index in [1.165, 1.54) is 16.8 Å². The first kappa shape index (κ1) is 11.1.